The van der Waals surface area contributed by atoms with Crippen molar-refractivity contribution in [1.82, 2.24) is 5.32 Å². The second-order valence-electron chi connectivity index (χ2n) is 4.65. The molecule has 8 heteroatoms. The minimum absolute atomic E-state index is 0.387. The van der Waals surface area contributed by atoms with Crippen LogP contribution in [-0.2, 0) is 4.79 Å². The van der Waals surface area contributed by atoms with E-state index in [9.17, 15) is 22.8 Å². The van der Waals surface area contributed by atoms with Crippen molar-refractivity contribution in [1.29, 1.82) is 0 Å². The first-order valence-electron chi connectivity index (χ1n) is 6.78. The number of carbonyl (C=O) groups excluding carboxylic acids is 2. The number of benzene rings is 2. The van der Waals surface area contributed by atoms with Crippen molar-refractivity contribution in [2.75, 3.05) is 19.0 Å². The van der Waals surface area contributed by atoms with Crippen LogP contribution < -0.4 is 15.4 Å². The van der Waals surface area contributed by atoms with Gasteiger partial charge in [-0.15, -0.1) is 0 Å². The third kappa shape index (κ3) is 3.83. The van der Waals surface area contributed by atoms with Crippen LogP contribution in [0.15, 0.2) is 36.4 Å². The van der Waals surface area contributed by atoms with Gasteiger partial charge < -0.3 is 15.4 Å². The van der Waals surface area contributed by atoms with Crippen LogP contribution in [0.25, 0.3) is 0 Å². The first-order valence-corrected chi connectivity index (χ1v) is 6.78. The molecule has 0 aliphatic carbocycles. The standard InChI is InChI=1S/C16H13F3N2O3/c1-24-12-5-3-2-4-11(12)21-13(22)8-20-16(23)9-6-7-10(17)15(19)14(9)18/h2-7H,8H2,1H3,(H,20,23)(H,21,22). The SMILES string of the molecule is COc1ccccc1NC(=O)CNC(=O)c1ccc(F)c(F)c1F. The van der Waals surface area contributed by atoms with Gasteiger partial charge in [0.05, 0.1) is 24.9 Å². The summed E-state index contributed by atoms with van der Waals surface area (Å²) in [4.78, 5) is 23.6. The second kappa shape index (κ2) is 7.49. The number of amides is 2. The van der Waals surface area contributed by atoms with Crippen molar-refractivity contribution in [2.24, 2.45) is 0 Å². The molecule has 24 heavy (non-hydrogen) atoms. The average Bonchev–Trinajstić information content (AvgIpc) is 2.58. The minimum atomic E-state index is -1.75. The van der Waals surface area contributed by atoms with Crippen molar-refractivity contribution >= 4 is 17.5 Å². The number of carbonyl (C=O) groups is 2. The van der Waals surface area contributed by atoms with Crippen LogP contribution in [0.2, 0.25) is 0 Å². The summed E-state index contributed by atoms with van der Waals surface area (Å²) in [6.45, 7) is -0.491. The topological polar surface area (TPSA) is 67.4 Å². The zero-order valence-corrected chi connectivity index (χ0v) is 12.5. The molecule has 5 nitrogen and oxygen atoms in total. The predicted molar refractivity (Wildman–Crippen MR) is 80.3 cm³/mol. The summed E-state index contributed by atoms with van der Waals surface area (Å²) < 4.78 is 44.5. The van der Waals surface area contributed by atoms with Crippen LogP contribution in [0.3, 0.4) is 0 Å². The molecule has 0 atom stereocenters. The van der Waals surface area contributed by atoms with Gasteiger partial charge in [-0.1, -0.05) is 12.1 Å². The van der Waals surface area contributed by atoms with E-state index >= 15 is 0 Å². The van der Waals surface area contributed by atoms with Crippen LogP contribution in [0.1, 0.15) is 10.4 Å². The van der Waals surface area contributed by atoms with Crippen molar-refractivity contribution in [3.05, 3.63) is 59.4 Å². The zero-order chi connectivity index (χ0) is 17.7. The van der Waals surface area contributed by atoms with Gasteiger partial charge in [0.15, 0.2) is 17.5 Å². The number of para-hydroxylation sites is 2. The van der Waals surface area contributed by atoms with Crippen molar-refractivity contribution in [3.8, 4) is 5.75 Å². The van der Waals surface area contributed by atoms with E-state index in [2.05, 4.69) is 10.6 Å². The van der Waals surface area contributed by atoms with Crippen LogP contribution in [-0.4, -0.2) is 25.5 Å². The first kappa shape index (κ1) is 17.3. The quantitative estimate of drug-likeness (QED) is 0.823. The maximum Gasteiger partial charge on any atom is 0.254 e. The van der Waals surface area contributed by atoms with Gasteiger partial charge in [-0.3, -0.25) is 9.59 Å². The van der Waals surface area contributed by atoms with Gasteiger partial charge in [0.2, 0.25) is 5.91 Å². The van der Waals surface area contributed by atoms with E-state index in [-0.39, 0.29) is 0 Å². The van der Waals surface area contributed by atoms with Crippen LogP contribution >= 0.6 is 0 Å². The molecule has 0 spiro atoms. The van der Waals surface area contributed by atoms with Crippen LogP contribution in [0.5, 0.6) is 5.75 Å². The van der Waals surface area contributed by atoms with E-state index in [4.69, 9.17) is 4.74 Å². The Labute approximate surface area is 135 Å². The summed E-state index contributed by atoms with van der Waals surface area (Å²) in [6, 6.07) is 8.03. The Kier molecular flexibility index (Phi) is 5.41. The highest BCUT2D eigenvalue weighted by Gasteiger charge is 2.19. The Morgan fingerprint density at radius 2 is 1.75 bits per heavy atom. The highest BCUT2D eigenvalue weighted by Crippen LogP contribution is 2.22. The number of hydrogen-bond acceptors (Lipinski definition) is 3. The summed E-state index contributed by atoms with van der Waals surface area (Å²) in [6.07, 6.45) is 0. The summed E-state index contributed by atoms with van der Waals surface area (Å²) >= 11 is 0. The van der Waals surface area contributed by atoms with E-state index in [1.54, 1.807) is 24.3 Å². The molecule has 0 aliphatic rings. The monoisotopic (exact) mass is 338 g/mol. The Morgan fingerprint density at radius 1 is 1.04 bits per heavy atom. The van der Waals surface area contributed by atoms with E-state index in [1.807, 2.05) is 0 Å². The largest absolute Gasteiger partial charge is 0.495 e. The maximum absolute atomic E-state index is 13.5. The Hall–Kier alpha value is -3.03. The van der Waals surface area contributed by atoms with Crippen molar-refractivity contribution in [2.45, 2.75) is 0 Å². The van der Waals surface area contributed by atoms with Gasteiger partial charge in [0.1, 0.15) is 5.75 Å². The van der Waals surface area contributed by atoms with Crippen LogP contribution in [0.4, 0.5) is 18.9 Å². The molecule has 0 bridgehead atoms. The molecule has 0 heterocycles. The van der Waals surface area contributed by atoms with E-state index in [0.29, 0.717) is 17.5 Å². The fraction of sp³-hybridized carbons (Fsp3) is 0.125. The first-order chi connectivity index (χ1) is 11.4. The van der Waals surface area contributed by atoms with Crippen molar-refractivity contribution in [3.63, 3.8) is 0 Å². The van der Waals surface area contributed by atoms with Gasteiger partial charge in [-0.2, -0.15) is 0 Å². The lowest BCUT2D eigenvalue weighted by Crippen LogP contribution is -2.33. The predicted octanol–water partition coefficient (Wildman–Crippen LogP) is 2.48. The lowest BCUT2D eigenvalue weighted by atomic mass is 10.2. The number of rotatable bonds is 5. The van der Waals surface area contributed by atoms with Gasteiger partial charge in [0, 0.05) is 0 Å². The molecule has 0 radical (unpaired) electrons. The molecule has 2 rings (SSSR count). The van der Waals surface area contributed by atoms with Crippen LogP contribution in [0, 0.1) is 17.5 Å². The number of ether oxygens (including phenoxy) is 1. The van der Waals surface area contributed by atoms with Gasteiger partial charge in [0.25, 0.3) is 5.91 Å². The summed E-state index contributed by atoms with van der Waals surface area (Å²) in [5.74, 6) is -5.99. The molecule has 2 N–H and O–H groups in total. The number of anilines is 1. The summed E-state index contributed by atoms with van der Waals surface area (Å²) in [5, 5.41) is 4.62. The number of nitrogens with one attached hydrogen (secondary N) is 2. The average molecular weight is 338 g/mol. The Morgan fingerprint density at radius 3 is 2.46 bits per heavy atom. The zero-order valence-electron chi connectivity index (χ0n) is 12.5. The fourth-order valence-electron chi connectivity index (χ4n) is 1.90. The summed E-state index contributed by atoms with van der Waals surface area (Å²) in [5.41, 5.74) is -0.308. The third-order valence-corrected chi connectivity index (χ3v) is 3.07. The molecule has 126 valence electrons. The molecule has 0 unspecified atom stereocenters. The molecular weight excluding hydrogens is 325 g/mol. The summed E-state index contributed by atoms with van der Waals surface area (Å²) in [7, 11) is 1.43. The highest BCUT2D eigenvalue weighted by atomic mass is 19.2. The third-order valence-electron chi connectivity index (χ3n) is 3.07. The van der Waals surface area contributed by atoms with Gasteiger partial charge >= 0.3 is 0 Å². The molecule has 2 amide bonds. The molecule has 0 aliphatic heterocycles. The van der Waals surface area contributed by atoms with E-state index in [1.165, 1.54) is 7.11 Å². The number of halogens is 3. The van der Waals surface area contributed by atoms with Crippen molar-refractivity contribution < 1.29 is 27.5 Å². The number of hydrogen-bond donors (Lipinski definition) is 2. The fourth-order valence-corrected chi connectivity index (χ4v) is 1.90. The maximum atomic E-state index is 13.5. The molecule has 0 fully saturated rings. The van der Waals surface area contributed by atoms with Gasteiger partial charge in [-0.25, -0.2) is 13.2 Å². The lowest BCUT2D eigenvalue weighted by molar-refractivity contribution is -0.115. The molecule has 0 saturated carbocycles. The Balaban J connectivity index is 1.99. The van der Waals surface area contributed by atoms with Gasteiger partial charge in [-0.05, 0) is 24.3 Å². The van der Waals surface area contributed by atoms with E-state index in [0.717, 1.165) is 6.07 Å². The lowest BCUT2D eigenvalue weighted by Gasteiger charge is -2.10. The molecule has 2 aromatic carbocycles. The number of methoxy groups -OCH3 is 1. The normalized spacial score (nSPS) is 10.2. The molecule has 0 aromatic heterocycles. The minimum Gasteiger partial charge on any atom is -0.495 e. The smallest absolute Gasteiger partial charge is 0.254 e. The molecule has 2 aromatic rings. The highest BCUT2D eigenvalue weighted by molar-refractivity contribution is 5.99. The molecular formula is C16H13F3N2O3. The molecule has 0 saturated heterocycles. The Bertz CT molecular complexity index is 781. The second-order valence-corrected chi connectivity index (χ2v) is 4.65. The van der Waals surface area contributed by atoms with E-state index < -0.39 is 41.4 Å².